The lowest BCUT2D eigenvalue weighted by atomic mass is 9.95. The second-order valence-electron chi connectivity index (χ2n) is 6.57. The number of carbonyl (C=O) groups excluding carboxylic acids is 1. The van der Waals surface area contributed by atoms with Gasteiger partial charge in [-0.15, -0.1) is 0 Å². The summed E-state index contributed by atoms with van der Waals surface area (Å²) in [6.45, 7) is 2.06. The molecule has 2 heterocycles. The molecular formula is C20H21FN2O2. The van der Waals surface area contributed by atoms with Gasteiger partial charge in [-0.05, 0) is 23.6 Å². The van der Waals surface area contributed by atoms with Crippen LogP contribution in [0, 0.1) is 5.82 Å². The molecule has 4 nitrogen and oxygen atoms in total. The average Bonchev–Trinajstić information content (AvgIpc) is 2.67. The maximum Gasteiger partial charge on any atom is 0.240 e. The van der Waals surface area contributed by atoms with Crippen LogP contribution in [0.5, 0.6) is 0 Å². The molecule has 4 rings (SSSR count). The number of benzene rings is 2. The van der Waals surface area contributed by atoms with E-state index in [2.05, 4.69) is 17.4 Å². The molecule has 2 aliphatic rings. The van der Waals surface area contributed by atoms with Crippen LogP contribution < -0.4 is 5.32 Å². The Kier molecular flexibility index (Phi) is 4.51. The molecule has 0 radical (unpaired) electrons. The van der Waals surface area contributed by atoms with Crippen LogP contribution in [-0.4, -0.2) is 36.5 Å². The van der Waals surface area contributed by atoms with Gasteiger partial charge in [0.2, 0.25) is 5.91 Å². The summed E-state index contributed by atoms with van der Waals surface area (Å²) in [6, 6.07) is 14.6. The number of amides is 1. The fourth-order valence-electron chi connectivity index (χ4n) is 3.62. The second-order valence-corrected chi connectivity index (χ2v) is 6.57. The van der Waals surface area contributed by atoms with Gasteiger partial charge in [-0.2, -0.15) is 0 Å². The minimum atomic E-state index is -0.408. The molecule has 2 aliphatic heterocycles. The van der Waals surface area contributed by atoms with E-state index in [1.54, 1.807) is 23.1 Å². The van der Waals surface area contributed by atoms with E-state index >= 15 is 0 Å². The first-order valence-corrected chi connectivity index (χ1v) is 8.67. The fourth-order valence-corrected chi connectivity index (χ4v) is 3.62. The first-order valence-electron chi connectivity index (χ1n) is 8.67. The number of hydrogen-bond acceptors (Lipinski definition) is 3. The minimum absolute atomic E-state index is 0.0687. The third-order valence-corrected chi connectivity index (χ3v) is 5.01. The molecular weight excluding hydrogens is 319 g/mol. The Morgan fingerprint density at radius 1 is 1.12 bits per heavy atom. The number of halogens is 1. The predicted molar refractivity (Wildman–Crippen MR) is 92.4 cm³/mol. The van der Waals surface area contributed by atoms with Gasteiger partial charge in [0.05, 0.1) is 19.2 Å². The molecule has 1 saturated heterocycles. The molecule has 0 spiro atoms. The van der Waals surface area contributed by atoms with E-state index in [1.807, 2.05) is 12.1 Å². The van der Waals surface area contributed by atoms with Crippen LogP contribution in [0.15, 0.2) is 48.5 Å². The van der Waals surface area contributed by atoms with Crippen LogP contribution in [0.2, 0.25) is 0 Å². The van der Waals surface area contributed by atoms with Gasteiger partial charge in [0, 0.05) is 18.7 Å². The summed E-state index contributed by atoms with van der Waals surface area (Å²) in [5, 5.41) is 3.33. The first kappa shape index (κ1) is 16.2. The summed E-state index contributed by atoms with van der Waals surface area (Å²) >= 11 is 0. The monoisotopic (exact) mass is 340 g/mol. The molecule has 0 saturated carbocycles. The average molecular weight is 340 g/mol. The first-order chi connectivity index (χ1) is 12.2. The summed E-state index contributed by atoms with van der Waals surface area (Å²) < 4.78 is 19.7. The van der Waals surface area contributed by atoms with E-state index in [9.17, 15) is 9.18 Å². The molecule has 1 N–H and O–H groups in total. The predicted octanol–water partition coefficient (Wildman–Crippen LogP) is 2.44. The van der Waals surface area contributed by atoms with Crippen LogP contribution in [0.25, 0.3) is 0 Å². The molecule has 2 atom stereocenters. The summed E-state index contributed by atoms with van der Waals surface area (Å²) in [7, 11) is 0. The van der Waals surface area contributed by atoms with Gasteiger partial charge in [-0.1, -0.05) is 42.5 Å². The van der Waals surface area contributed by atoms with Gasteiger partial charge in [-0.3, -0.25) is 4.79 Å². The van der Waals surface area contributed by atoms with Crippen molar-refractivity contribution >= 4 is 5.91 Å². The van der Waals surface area contributed by atoms with Crippen LogP contribution in [0.4, 0.5) is 4.39 Å². The van der Waals surface area contributed by atoms with Crippen molar-refractivity contribution in [3.05, 3.63) is 71.0 Å². The fraction of sp³-hybridized carbons (Fsp3) is 0.350. The normalized spacial score (nSPS) is 23.2. The standard InChI is InChI=1S/C20H21FN2O2/c21-17-8-4-3-7-16(17)19-13-23(9-10-25-19)20(24)18-11-14-5-1-2-6-15(14)12-22-18/h1-8,18-19,22H,9-13H2/t18-,19-/m1/s1. The summed E-state index contributed by atoms with van der Waals surface area (Å²) in [6.07, 6.45) is 0.284. The van der Waals surface area contributed by atoms with Gasteiger partial charge >= 0.3 is 0 Å². The molecule has 2 aromatic rings. The lowest BCUT2D eigenvalue weighted by Crippen LogP contribution is -2.53. The molecule has 5 heteroatoms. The molecule has 0 aliphatic carbocycles. The quantitative estimate of drug-likeness (QED) is 0.913. The number of ether oxygens (including phenoxy) is 1. The number of morpholine rings is 1. The highest BCUT2D eigenvalue weighted by Gasteiger charge is 2.32. The number of nitrogens with one attached hydrogen (secondary N) is 1. The molecule has 1 fully saturated rings. The van der Waals surface area contributed by atoms with E-state index < -0.39 is 6.10 Å². The molecule has 0 unspecified atom stereocenters. The van der Waals surface area contributed by atoms with E-state index in [-0.39, 0.29) is 17.8 Å². The maximum atomic E-state index is 14.0. The second kappa shape index (κ2) is 6.94. The lowest BCUT2D eigenvalue weighted by Gasteiger charge is -2.36. The lowest BCUT2D eigenvalue weighted by molar-refractivity contribution is -0.141. The number of fused-ring (bicyclic) bond motifs is 1. The zero-order valence-electron chi connectivity index (χ0n) is 14.0. The van der Waals surface area contributed by atoms with E-state index in [4.69, 9.17) is 4.74 Å². The van der Waals surface area contributed by atoms with Crippen molar-refractivity contribution < 1.29 is 13.9 Å². The van der Waals surface area contributed by atoms with Crippen LogP contribution in [-0.2, 0) is 22.5 Å². The number of hydrogen-bond donors (Lipinski definition) is 1. The van der Waals surface area contributed by atoms with Crippen molar-refractivity contribution in [3.63, 3.8) is 0 Å². The maximum absolute atomic E-state index is 14.0. The molecule has 2 aromatic carbocycles. The number of rotatable bonds is 2. The van der Waals surface area contributed by atoms with Crippen molar-refractivity contribution in [2.75, 3.05) is 19.7 Å². The summed E-state index contributed by atoms with van der Waals surface area (Å²) in [4.78, 5) is 14.7. The highest BCUT2D eigenvalue weighted by Crippen LogP contribution is 2.26. The third-order valence-electron chi connectivity index (χ3n) is 5.01. The smallest absolute Gasteiger partial charge is 0.240 e. The van der Waals surface area contributed by atoms with Crippen molar-refractivity contribution in [3.8, 4) is 0 Å². The Morgan fingerprint density at radius 3 is 2.72 bits per heavy atom. The van der Waals surface area contributed by atoms with E-state index in [1.165, 1.54) is 17.2 Å². The van der Waals surface area contributed by atoms with E-state index in [0.717, 1.165) is 0 Å². The molecule has 130 valence electrons. The summed E-state index contributed by atoms with van der Waals surface area (Å²) in [5.41, 5.74) is 2.98. The van der Waals surface area contributed by atoms with Crippen molar-refractivity contribution in [1.82, 2.24) is 10.2 Å². The van der Waals surface area contributed by atoms with Crippen molar-refractivity contribution in [2.24, 2.45) is 0 Å². The molecule has 1 amide bonds. The summed E-state index contributed by atoms with van der Waals surface area (Å²) in [5.74, 6) is -0.217. The van der Waals surface area contributed by atoms with E-state index in [0.29, 0.717) is 38.2 Å². The molecule has 25 heavy (non-hydrogen) atoms. The van der Waals surface area contributed by atoms with Gasteiger partial charge < -0.3 is 15.0 Å². The number of nitrogens with zero attached hydrogens (tertiary/aromatic N) is 1. The van der Waals surface area contributed by atoms with Crippen LogP contribution in [0.3, 0.4) is 0 Å². The Labute approximate surface area is 146 Å². The Morgan fingerprint density at radius 2 is 1.88 bits per heavy atom. The molecule has 0 aromatic heterocycles. The topological polar surface area (TPSA) is 41.6 Å². The van der Waals surface area contributed by atoms with Crippen LogP contribution >= 0.6 is 0 Å². The van der Waals surface area contributed by atoms with Crippen molar-refractivity contribution in [1.29, 1.82) is 0 Å². The third kappa shape index (κ3) is 3.30. The Hall–Kier alpha value is -2.24. The molecule has 0 bridgehead atoms. The number of carbonyl (C=O) groups is 1. The highest BCUT2D eigenvalue weighted by molar-refractivity contribution is 5.82. The largest absolute Gasteiger partial charge is 0.370 e. The Bertz CT molecular complexity index is 780. The van der Waals surface area contributed by atoms with Gasteiger partial charge in [0.1, 0.15) is 11.9 Å². The van der Waals surface area contributed by atoms with Gasteiger partial charge in [0.15, 0.2) is 0 Å². The van der Waals surface area contributed by atoms with Gasteiger partial charge in [-0.25, -0.2) is 4.39 Å². The van der Waals surface area contributed by atoms with Crippen molar-refractivity contribution in [2.45, 2.75) is 25.1 Å². The zero-order valence-corrected chi connectivity index (χ0v) is 14.0. The Balaban J connectivity index is 1.47. The highest BCUT2D eigenvalue weighted by atomic mass is 19.1. The van der Waals surface area contributed by atoms with Gasteiger partial charge in [0.25, 0.3) is 0 Å². The minimum Gasteiger partial charge on any atom is -0.370 e. The SMILES string of the molecule is O=C([C@H]1Cc2ccccc2CN1)N1CCO[C@@H](c2ccccc2F)C1. The zero-order chi connectivity index (χ0) is 17.2. The van der Waals surface area contributed by atoms with Crippen LogP contribution in [0.1, 0.15) is 22.8 Å².